The molecule has 0 saturated carbocycles. The van der Waals surface area contributed by atoms with Gasteiger partial charge < -0.3 is 30.1 Å². The van der Waals surface area contributed by atoms with Crippen LogP contribution in [0.15, 0.2) is 30.3 Å². The van der Waals surface area contributed by atoms with E-state index in [9.17, 15) is 28.2 Å². The summed E-state index contributed by atoms with van der Waals surface area (Å²) < 4.78 is 48.0. The minimum Gasteiger partial charge on any atom is -0.394 e. The zero-order valence-electron chi connectivity index (χ0n) is 12.9. The van der Waals surface area contributed by atoms with E-state index in [2.05, 4.69) is 0 Å². The molecular weight excluding hydrogens is 347 g/mol. The van der Waals surface area contributed by atoms with Crippen molar-refractivity contribution >= 4 is 5.91 Å². The molecule has 0 aromatic heterocycles. The van der Waals surface area contributed by atoms with E-state index in [1.54, 1.807) is 35.6 Å². The van der Waals surface area contributed by atoms with Crippen molar-refractivity contribution in [2.24, 2.45) is 0 Å². The Morgan fingerprint density at radius 2 is 1.84 bits per heavy atom. The Morgan fingerprint density at radius 1 is 1.20 bits per heavy atom. The Hall–Kier alpha value is -1.72. The van der Waals surface area contributed by atoms with Gasteiger partial charge in [0.15, 0.2) is 6.29 Å². The fraction of sp³-hybridized carbons (Fsp3) is 0.533. The zero-order chi connectivity index (χ0) is 18.6. The van der Waals surface area contributed by atoms with Crippen LogP contribution < -0.4 is 5.32 Å². The molecule has 0 unspecified atom stereocenters. The number of amides is 1. The summed E-state index contributed by atoms with van der Waals surface area (Å²) in [7, 11) is 0. The summed E-state index contributed by atoms with van der Waals surface area (Å²) in [6.45, 7) is -0.770. The van der Waals surface area contributed by atoms with Gasteiger partial charge in [0.1, 0.15) is 24.4 Å². The van der Waals surface area contributed by atoms with Crippen molar-refractivity contribution in [1.82, 2.24) is 5.32 Å². The van der Waals surface area contributed by atoms with Gasteiger partial charge in [0.2, 0.25) is 0 Å². The van der Waals surface area contributed by atoms with E-state index in [0.29, 0.717) is 5.56 Å². The topological polar surface area (TPSA) is 108 Å². The molecule has 1 aromatic carbocycles. The molecule has 1 heterocycles. The van der Waals surface area contributed by atoms with Gasteiger partial charge in [-0.05, 0) is 5.56 Å². The molecular formula is C15H18F3NO6. The molecule has 4 N–H and O–H groups in total. The first kappa shape index (κ1) is 19.6. The van der Waals surface area contributed by atoms with Crippen molar-refractivity contribution in [2.75, 3.05) is 6.61 Å². The van der Waals surface area contributed by atoms with Crippen LogP contribution in [0.5, 0.6) is 0 Å². The largest absolute Gasteiger partial charge is 0.471 e. The Labute approximate surface area is 141 Å². The Balaban J connectivity index is 2.13. The van der Waals surface area contributed by atoms with Crippen molar-refractivity contribution < 1.29 is 42.8 Å². The fourth-order valence-electron chi connectivity index (χ4n) is 2.36. The van der Waals surface area contributed by atoms with E-state index >= 15 is 0 Å². The number of aliphatic hydroxyl groups excluding tert-OH is 3. The minimum absolute atomic E-state index is 0.0785. The predicted molar refractivity (Wildman–Crippen MR) is 77.0 cm³/mol. The lowest BCUT2D eigenvalue weighted by Gasteiger charge is -2.42. The van der Waals surface area contributed by atoms with Gasteiger partial charge >= 0.3 is 12.1 Å². The maximum Gasteiger partial charge on any atom is 0.471 e. The van der Waals surface area contributed by atoms with Crippen molar-refractivity contribution in [2.45, 2.75) is 43.4 Å². The van der Waals surface area contributed by atoms with Gasteiger partial charge in [-0.15, -0.1) is 0 Å². The lowest BCUT2D eigenvalue weighted by Crippen LogP contribution is -2.65. The molecule has 140 valence electrons. The molecule has 1 amide bonds. The van der Waals surface area contributed by atoms with Gasteiger partial charge in [-0.25, -0.2) is 0 Å². The SMILES string of the molecule is O=C(N[C@H]1[C@@H](OCc2ccccc2)O[C@@H](CO)[C@@H](O)[C@H]1O)C(F)(F)F. The van der Waals surface area contributed by atoms with Crippen molar-refractivity contribution in [1.29, 1.82) is 0 Å². The van der Waals surface area contributed by atoms with E-state index in [-0.39, 0.29) is 6.61 Å². The summed E-state index contributed by atoms with van der Waals surface area (Å²) in [5, 5.41) is 30.5. The Kier molecular flexibility index (Phi) is 6.36. The number of carbonyl (C=O) groups excluding carboxylic acids is 1. The third-order valence-electron chi connectivity index (χ3n) is 3.69. The number of benzene rings is 1. The lowest BCUT2D eigenvalue weighted by molar-refractivity contribution is -0.275. The van der Waals surface area contributed by atoms with Gasteiger partial charge in [-0.1, -0.05) is 30.3 Å². The van der Waals surface area contributed by atoms with Crippen molar-refractivity contribution in [3.63, 3.8) is 0 Å². The summed E-state index contributed by atoms with van der Waals surface area (Å²) >= 11 is 0. The lowest BCUT2D eigenvalue weighted by atomic mass is 9.97. The van der Waals surface area contributed by atoms with Crippen LogP contribution in [0.3, 0.4) is 0 Å². The van der Waals surface area contributed by atoms with Crippen LogP contribution in [0.2, 0.25) is 0 Å². The number of nitrogens with one attached hydrogen (secondary N) is 1. The number of ether oxygens (including phenoxy) is 2. The third-order valence-corrected chi connectivity index (χ3v) is 3.69. The van der Waals surface area contributed by atoms with Gasteiger partial charge in [0.05, 0.1) is 13.2 Å². The first-order valence-corrected chi connectivity index (χ1v) is 7.39. The predicted octanol–water partition coefficient (Wildman–Crippen LogP) is -0.311. The summed E-state index contributed by atoms with van der Waals surface area (Å²) in [5.74, 6) is -2.30. The molecule has 2 rings (SSSR count). The summed E-state index contributed by atoms with van der Waals surface area (Å²) in [6, 6.07) is 6.92. The summed E-state index contributed by atoms with van der Waals surface area (Å²) in [6.07, 6.45) is -11.5. The number of aliphatic hydroxyl groups is 3. The maximum absolute atomic E-state index is 12.5. The molecule has 10 heteroatoms. The van der Waals surface area contributed by atoms with Crippen LogP contribution in [0.25, 0.3) is 0 Å². The molecule has 1 aromatic rings. The van der Waals surface area contributed by atoms with Crippen LogP contribution in [-0.2, 0) is 20.9 Å². The molecule has 0 aliphatic carbocycles. The van der Waals surface area contributed by atoms with Crippen LogP contribution in [0.1, 0.15) is 5.56 Å². The second kappa shape index (κ2) is 8.11. The Morgan fingerprint density at radius 3 is 2.40 bits per heavy atom. The monoisotopic (exact) mass is 365 g/mol. The van der Waals surface area contributed by atoms with Crippen LogP contribution in [0, 0.1) is 0 Å². The van der Waals surface area contributed by atoms with E-state index in [0.717, 1.165) is 0 Å². The van der Waals surface area contributed by atoms with Crippen molar-refractivity contribution in [3.05, 3.63) is 35.9 Å². The second-order valence-corrected chi connectivity index (χ2v) is 5.50. The zero-order valence-corrected chi connectivity index (χ0v) is 12.9. The molecule has 1 aliphatic heterocycles. The minimum atomic E-state index is -5.18. The van der Waals surface area contributed by atoms with E-state index in [1.165, 1.54) is 0 Å². The first-order chi connectivity index (χ1) is 11.7. The normalized spacial score (nSPS) is 30.1. The quantitative estimate of drug-likeness (QED) is 0.570. The molecule has 0 bridgehead atoms. The van der Waals surface area contributed by atoms with Gasteiger partial charge in [-0.2, -0.15) is 13.2 Å². The Bertz CT molecular complexity index is 570. The standard InChI is InChI=1S/C15H18F3NO6/c16-15(17,18)14(23)19-10-12(22)11(21)9(6-20)25-13(10)24-7-8-4-2-1-3-5-8/h1-5,9-13,20-22H,6-7H2,(H,19,23)/t9-,10+,11+,12-,13-/m0/s1. The molecule has 0 radical (unpaired) electrons. The number of alkyl halides is 3. The summed E-state index contributed by atoms with van der Waals surface area (Å²) in [4.78, 5) is 11.2. The van der Waals surface area contributed by atoms with E-state index < -0.39 is 49.3 Å². The van der Waals surface area contributed by atoms with Crippen LogP contribution >= 0.6 is 0 Å². The number of halogens is 3. The molecule has 7 nitrogen and oxygen atoms in total. The molecule has 1 aliphatic rings. The van der Waals surface area contributed by atoms with Gasteiger partial charge in [0.25, 0.3) is 0 Å². The van der Waals surface area contributed by atoms with E-state index in [4.69, 9.17) is 14.6 Å². The highest BCUT2D eigenvalue weighted by Crippen LogP contribution is 2.24. The molecule has 25 heavy (non-hydrogen) atoms. The molecule has 1 saturated heterocycles. The summed E-state index contributed by atoms with van der Waals surface area (Å²) in [5.41, 5.74) is 0.674. The van der Waals surface area contributed by atoms with E-state index in [1.807, 2.05) is 0 Å². The number of hydrogen-bond acceptors (Lipinski definition) is 6. The smallest absolute Gasteiger partial charge is 0.394 e. The molecule has 1 fully saturated rings. The molecule has 5 atom stereocenters. The highest BCUT2D eigenvalue weighted by molar-refractivity contribution is 5.82. The second-order valence-electron chi connectivity index (χ2n) is 5.50. The fourth-order valence-corrected chi connectivity index (χ4v) is 2.36. The highest BCUT2D eigenvalue weighted by Gasteiger charge is 2.49. The van der Waals surface area contributed by atoms with Gasteiger partial charge in [0, 0.05) is 0 Å². The average molecular weight is 365 g/mol. The van der Waals surface area contributed by atoms with Crippen molar-refractivity contribution in [3.8, 4) is 0 Å². The first-order valence-electron chi connectivity index (χ1n) is 7.39. The number of hydrogen-bond donors (Lipinski definition) is 4. The number of rotatable bonds is 5. The van der Waals surface area contributed by atoms with Crippen LogP contribution in [-0.4, -0.2) is 64.7 Å². The number of carbonyl (C=O) groups is 1. The van der Waals surface area contributed by atoms with Crippen LogP contribution in [0.4, 0.5) is 13.2 Å². The highest BCUT2D eigenvalue weighted by atomic mass is 19.4. The maximum atomic E-state index is 12.5. The average Bonchev–Trinajstić information content (AvgIpc) is 2.58. The van der Waals surface area contributed by atoms with Gasteiger partial charge in [-0.3, -0.25) is 4.79 Å². The molecule has 0 spiro atoms. The third kappa shape index (κ3) is 4.89.